The van der Waals surface area contributed by atoms with Gasteiger partial charge in [0.1, 0.15) is 5.75 Å². The van der Waals surface area contributed by atoms with Gasteiger partial charge in [0.05, 0.1) is 0 Å². The topological polar surface area (TPSA) is 83.9 Å². The molecule has 0 aliphatic carbocycles. The molecule has 0 aliphatic rings. The van der Waals surface area contributed by atoms with Gasteiger partial charge in [0.15, 0.2) is 6.61 Å². The van der Waals surface area contributed by atoms with Crippen LogP contribution in [0.4, 0.5) is 0 Å². The molecule has 4 aromatic rings. The highest BCUT2D eigenvalue weighted by atomic mass is 32.2. The Labute approximate surface area is 254 Å². The number of nitrogens with zero attached hydrogens (tertiary/aromatic N) is 1. The maximum Gasteiger partial charge on any atom is 0.341 e. The summed E-state index contributed by atoms with van der Waals surface area (Å²) in [5, 5.41) is 10.1. The lowest BCUT2D eigenvalue weighted by Gasteiger charge is -2.21. The predicted molar refractivity (Wildman–Crippen MR) is 171 cm³/mol. The lowest BCUT2D eigenvalue weighted by atomic mass is 10.1. The normalized spacial score (nSPS) is 11.3. The zero-order chi connectivity index (χ0) is 30.5. The smallest absolute Gasteiger partial charge is 0.341 e. The molecule has 0 saturated heterocycles. The SMILES string of the molecule is CCCCc1ccc(C#Cc2ccc(CN(Cc3ccc(OCC(=O)O)cc3)S(=O)(=O)C=Cc3ccccc3)cc2)cc1. The molecular formula is C36H35NO5S. The van der Waals surface area contributed by atoms with Gasteiger partial charge in [-0.2, -0.15) is 4.31 Å². The summed E-state index contributed by atoms with van der Waals surface area (Å²) >= 11 is 0. The first-order chi connectivity index (χ1) is 20.8. The van der Waals surface area contributed by atoms with Crippen LogP contribution in [0, 0.1) is 11.8 Å². The third-order valence-electron chi connectivity index (χ3n) is 6.67. The second-order valence-electron chi connectivity index (χ2n) is 10.1. The molecule has 43 heavy (non-hydrogen) atoms. The third kappa shape index (κ3) is 10.3. The number of sulfonamides is 1. The van der Waals surface area contributed by atoms with Crippen LogP contribution in [0.5, 0.6) is 5.75 Å². The molecule has 1 N–H and O–H groups in total. The first-order valence-electron chi connectivity index (χ1n) is 14.2. The van der Waals surface area contributed by atoms with Crippen molar-refractivity contribution in [2.75, 3.05) is 6.61 Å². The second-order valence-corrected chi connectivity index (χ2v) is 11.9. The van der Waals surface area contributed by atoms with E-state index in [-0.39, 0.29) is 13.1 Å². The van der Waals surface area contributed by atoms with Crippen LogP contribution < -0.4 is 4.74 Å². The van der Waals surface area contributed by atoms with E-state index in [1.807, 2.05) is 66.7 Å². The lowest BCUT2D eigenvalue weighted by molar-refractivity contribution is -0.139. The van der Waals surface area contributed by atoms with Crippen LogP contribution in [-0.2, 0) is 34.3 Å². The number of aliphatic carboxylic acids is 1. The van der Waals surface area contributed by atoms with Gasteiger partial charge in [-0.15, -0.1) is 0 Å². The summed E-state index contributed by atoms with van der Waals surface area (Å²) in [6.45, 7) is 2.02. The lowest BCUT2D eigenvalue weighted by Crippen LogP contribution is -2.28. The van der Waals surface area contributed by atoms with E-state index < -0.39 is 22.6 Å². The Morgan fingerprint density at radius 1 is 0.791 bits per heavy atom. The molecule has 0 atom stereocenters. The van der Waals surface area contributed by atoms with E-state index in [0.717, 1.165) is 34.2 Å². The predicted octanol–water partition coefficient (Wildman–Crippen LogP) is 6.90. The maximum absolute atomic E-state index is 13.5. The van der Waals surface area contributed by atoms with Crippen LogP contribution >= 0.6 is 0 Å². The number of rotatable bonds is 13. The van der Waals surface area contributed by atoms with Gasteiger partial charge in [0.25, 0.3) is 0 Å². The molecule has 0 fully saturated rings. The minimum absolute atomic E-state index is 0.122. The number of hydrogen-bond donors (Lipinski definition) is 1. The number of unbranched alkanes of at least 4 members (excludes halogenated alkanes) is 1. The van der Waals surface area contributed by atoms with Crippen molar-refractivity contribution in [2.24, 2.45) is 0 Å². The molecule has 0 aliphatic heterocycles. The van der Waals surface area contributed by atoms with E-state index in [1.165, 1.54) is 28.1 Å². The van der Waals surface area contributed by atoms with E-state index in [2.05, 4.69) is 30.9 Å². The molecule has 0 saturated carbocycles. The molecule has 7 heteroatoms. The third-order valence-corrected chi connectivity index (χ3v) is 8.13. The molecule has 0 heterocycles. The fourth-order valence-corrected chi connectivity index (χ4v) is 5.43. The van der Waals surface area contributed by atoms with Gasteiger partial charge in [-0.1, -0.05) is 91.9 Å². The number of carboxylic acids is 1. The van der Waals surface area contributed by atoms with Crippen molar-refractivity contribution in [3.63, 3.8) is 0 Å². The number of carbonyl (C=O) groups is 1. The first-order valence-corrected chi connectivity index (χ1v) is 15.7. The van der Waals surface area contributed by atoms with Gasteiger partial charge >= 0.3 is 5.97 Å². The summed E-state index contributed by atoms with van der Waals surface area (Å²) in [5.41, 5.74) is 5.45. The zero-order valence-electron chi connectivity index (χ0n) is 24.1. The van der Waals surface area contributed by atoms with Gasteiger partial charge in [0, 0.05) is 29.6 Å². The molecule has 0 amide bonds. The van der Waals surface area contributed by atoms with Crippen molar-refractivity contribution in [3.05, 3.63) is 142 Å². The van der Waals surface area contributed by atoms with Crippen molar-refractivity contribution in [1.29, 1.82) is 0 Å². The second kappa shape index (κ2) is 15.5. The fraction of sp³-hybridized carbons (Fsp3) is 0.194. The van der Waals surface area contributed by atoms with Crippen molar-refractivity contribution < 1.29 is 23.1 Å². The summed E-state index contributed by atoms with van der Waals surface area (Å²) in [4.78, 5) is 10.8. The molecule has 0 bridgehead atoms. The van der Waals surface area contributed by atoms with Crippen LogP contribution in [0.25, 0.3) is 6.08 Å². The Hall–Kier alpha value is -4.64. The van der Waals surface area contributed by atoms with Crippen molar-refractivity contribution >= 4 is 22.1 Å². The number of ether oxygens (including phenoxy) is 1. The van der Waals surface area contributed by atoms with Crippen molar-refractivity contribution in [2.45, 2.75) is 39.3 Å². The molecule has 0 spiro atoms. The van der Waals surface area contributed by atoms with Crippen molar-refractivity contribution in [3.8, 4) is 17.6 Å². The Morgan fingerprint density at radius 2 is 1.33 bits per heavy atom. The molecule has 4 rings (SSSR count). The van der Waals surface area contributed by atoms with E-state index in [1.54, 1.807) is 30.3 Å². The van der Waals surface area contributed by atoms with Crippen molar-refractivity contribution in [1.82, 2.24) is 4.31 Å². The van der Waals surface area contributed by atoms with Gasteiger partial charge in [-0.25, -0.2) is 13.2 Å². The molecule has 0 radical (unpaired) electrons. The monoisotopic (exact) mass is 593 g/mol. The highest BCUT2D eigenvalue weighted by molar-refractivity contribution is 7.92. The number of aryl methyl sites for hydroxylation is 1. The average Bonchev–Trinajstić information content (AvgIpc) is 3.03. The number of benzene rings is 4. The maximum atomic E-state index is 13.5. The van der Waals surface area contributed by atoms with Crippen LogP contribution in [0.1, 0.15) is 53.1 Å². The molecule has 220 valence electrons. The molecule has 4 aromatic carbocycles. The summed E-state index contributed by atoms with van der Waals surface area (Å²) in [6.07, 6.45) is 5.01. The van der Waals surface area contributed by atoms with Crippen LogP contribution in [-0.4, -0.2) is 30.4 Å². The average molecular weight is 594 g/mol. The molecule has 6 nitrogen and oxygen atoms in total. The molecular weight excluding hydrogens is 558 g/mol. The molecule has 0 aromatic heterocycles. The summed E-state index contributed by atoms with van der Waals surface area (Å²) in [6, 6.07) is 31.9. The van der Waals surface area contributed by atoms with Gasteiger partial charge in [-0.3, -0.25) is 0 Å². The zero-order valence-corrected chi connectivity index (χ0v) is 25.0. The minimum atomic E-state index is -3.80. The quantitative estimate of drug-likeness (QED) is 0.171. The minimum Gasteiger partial charge on any atom is -0.482 e. The Morgan fingerprint density at radius 3 is 1.86 bits per heavy atom. The van der Waals surface area contributed by atoms with E-state index in [9.17, 15) is 13.2 Å². The highest BCUT2D eigenvalue weighted by Crippen LogP contribution is 2.20. The number of carboxylic acid groups (broad SMARTS) is 1. The Balaban J connectivity index is 1.50. The fourth-order valence-electron chi connectivity index (χ4n) is 4.27. The van der Waals surface area contributed by atoms with Crippen LogP contribution in [0.3, 0.4) is 0 Å². The van der Waals surface area contributed by atoms with Crippen LogP contribution in [0.15, 0.2) is 109 Å². The summed E-state index contributed by atoms with van der Waals surface area (Å²) < 4.78 is 33.6. The Bertz CT molecular complexity index is 1670. The highest BCUT2D eigenvalue weighted by Gasteiger charge is 2.20. The van der Waals surface area contributed by atoms with E-state index in [0.29, 0.717) is 5.75 Å². The number of hydrogen-bond acceptors (Lipinski definition) is 4. The first kappa shape index (κ1) is 31.3. The summed E-state index contributed by atoms with van der Waals surface area (Å²) in [7, 11) is -3.80. The largest absolute Gasteiger partial charge is 0.482 e. The van der Waals surface area contributed by atoms with Gasteiger partial charge in [-0.05, 0) is 77.6 Å². The van der Waals surface area contributed by atoms with Crippen LogP contribution in [0.2, 0.25) is 0 Å². The summed E-state index contributed by atoms with van der Waals surface area (Å²) in [5.74, 6) is 5.73. The molecule has 0 unspecified atom stereocenters. The van der Waals surface area contributed by atoms with Gasteiger partial charge < -0.3 is 9.84 Å². The Kier molecular flexibility index (Phi) is 11.3. The standard InChI is InChI=1S/C36H35NO5S/c1-2-3-7-30-10-12-31(13-11-30)14-15-32-16-18-33(19-17-32)26-37(43(40,41)25-24-29-8-5-4-6-9-29)27-34-20-22-35(23-21-34)42-28-36(38)39/h4-6,8-13,16-25H,2-3,7,26-28H2,1H3,(H,38,39). The van der Waals surface area contributed by atoms with E-state index in [4.69, 9.17) is 9.84 Å². The van der Waals surface area contributed by atoms with Gasteiger partial charge in [0.2, 0.25) is 10.0 Å². The van der Waals surface area contributed by atoms with E-state index >= 15 is 0 Å².